The molecule has 7 nitrogen and oxygen atoms in total. The molecule has 1 aromatic heterocycles. The molecule has 25 heavy (non-hydrogen) atoms. The molecule has 10 heteroatoms. The summed E-state index contributed by atoms with van der Waals surface area (Å²) in [7, 11) is 1.64. The van der Waals surface area contributed by atoms with Crippen LogP contribution in [0.1, 0.15) is 5.56 Å². The number of thiocyanates is 1. The summed E-state index contributed by atoms with van der Waals surface area (Å²) in [6.45, 7) is 3.15. The van der Waals surface area contributed by atoms with Crippen LogP contribution in [0.4, 0.5) is 10.8 Å². The minimum absolute atomic E-state index is 0.113. The Balaban J connectivity index is 1.82. The summed E-state index contributed by atoms with van der Waals surface area (Å²) in [5.74, 6) is 0.138. The maximum Gasteiger partial charge on any atom is 0.234 e. The van der Waals surface area contributed by atoms with Crippen LogP contribution in [0.15, 0.2) is 27.4 Å². The molecule has 0 aliphatic rings. The van der Waals surface area contributed by atoms with Gasteiger partial charge in [-0.3, -0.25) is 4.79 Å². The van der Waals surface area contributed by atoms with Crippen molar-refractivity contribution < 1.29 is 9.53 Å². The first-order valence-corrected chi connectivity index (χ1v) is 9.89. The Bertz CT molecular complexity index is 760. The first-order valence-electron chi connectivity index (χ1n) is 7.28. The smallest absolute Gasteiger partial charge is 0.234 e. The molecular weight excluding hydrogens is 378 g/mol. The normalized spacial score (nSPS) is 10.3. The number of hydrogen-bond acceptors (Lipinski definition) is 9. The van der Waals surface area contributed by atoms with Crippen molar-refractivity contribution in [3.63, 3.8) is 0 Å². The first-order chi connectivity index (χ1) is 12.1. The summed E-state index contributed by atoms with van der Waals surface area (Å²) in [5, 5.41) is 25.4. The number of nitrogens with zero attached hydrogens (tertiary/aromatic N) is 3. The van der Waals surface area contributed by atoms with Crippen molar-refractivity contribution in [2.24, 2.45) is 0 Å². The van der Waals surface area contributed by atoms with Gasteiger partial charge in [0.05, 0.1) is 12.4 Å². The molecule has 0 saturated heterocycles. The van der Waals surface area contributed by atoms with E-state index < -0.39 is 0 Å². The first kappa shape index (κ1) is 19.5. The van der Waals surface area contributed by atoms with Crippen molar-refractivity contribution in [3.8, 4) is 5.40 Å². The van der Waals surface area contributed by atoms with Crippen LogP contribution in [0.3, 0.4) is 0 Å². The van der Waals surface area contributed by atoms with Crippen LogP contribution in [0.25, 0.3) is 0 Å². The number of anilines is 2. The number of ether oxygens (including phenoxy) is 1. The highest BCUT2D eigenvalue weighted by Gasteiger charge is 2.10. The lowest BCUT2D eigenvalue weighted by Crippen LogP contribution is -2.14. The second-order valence-electron chi connectivity index (χ2n) is 4.80. The number of rotatable bonds is 9. The van der Waals surface area contributed by atoms with Crippen molar-refractivity contribution >= 4 is 51.6 Å². The van der Waals surface area contributed by atoms with Crippen LogP contribution in [-0.4, -0.2) is 42.1 Å². The van der Waals surface area contributed by atoms with Crippen LogP contribution < -0.4 is 10.6 Å². The average molecular weight is 396 g/mol. The summed E-state index contributed by atoms with van der Waals surface area (Å²) >= 11 is 3.84. The molecule has 0 bridgehead atoms. The molecule has 0 unspecified atom stereocenters. The largest absolute Gasteiger partial charge is 0.383 e. The number of nitriles is 1. The van der Waals surface area contributed by atoms with Gasteiger partial charge in [-0.1, -0.05) is 23.1 Å². The zero-order valence-corrected chi connectivity index (χ0v) is 16.2. The van der Waals surface area contributed by atoms with Crippen molar-refractivity contribution in [2.45, 2.75) is 16.2 Å². The van der Waals surface area contributed by atoms with Crippen LogP contribution in [0, 0.1) is 17.6 Å². The minimum Gasteiger partial charge on any atom is -0.383 e. The van der Waals surface area contributed by atoms with E-state index in [1.54, 1.807) is 13.2 Å². The van der Waals surface area contributed by atoms with Crippen LogP contribution >= 0.6 is 34.9 Å². The zero-order valence-electron chi connectivity index (χ0n) is 13.7. The number of thioether (sulfide) groups is 2. The molecular formula is C15H17N5O2S3. The zero-order chi connectivity index (χ0) is 18.1. The number of aryl methyl sites for hydroxylation is 1. The van der Waals surface area contributed by atoms with E-state index >= 15 is 0 Å². The van der Waals surface area contributed by atoms with E-state index in [1.807, 2.05) is 24.5 Å². The predicted molar refractivity (Wildman–Crippen MR) is 102 cm³/mol. The molecule has 0 spiro atoms. The maximum absolute atomic E-state index is 12.1. The molecule has 2 N–H and O–H groups in total. The summed E-state index contributed by atoms with van der Waals surface area (Å²) in [4.78, 5) is 13.0. The molecule has 0 atom stereocenters. The third-order valence-electron chi connectivity index (χ3n) is 2.95. The fourth-order valence-electron chi connectivity index (χ4n) is 1.81. The molecule has 0 fully saturated rings. The number of nitrogens with one attached hydrogen (secondary N) is 2. The van der Waals surface area contributed by atoms with Gasteiger partial charge in [-0.25, -0.2) is 0 Å². The van der Waals surface area contributed by atoms with Gasteiger partial charge < -0.3 is 15.4 Å². The van der Waals surface area contributed by atoms with Crippen molar-refractivity contribution in [1.29, 1.82) is 5.26 Å². The Morgan fingerprint density at radius 3 is 3.00 bits per heavy atom. The monoisotopic (exact) mass is 395 g/mol. The van der Waals surface area contributed by atoms with Gasteiger partial charge in [0.2, 0.25) is 11.0 Å². The molecule has 2 rings (SSSR count). The van der Waals surface area contributed by atoms with Gasteiger partial charge in [0, 0.05) is 24.2 Å². The lowest BCUT2D eigenvalue weighted by molar-refractivity contribution is -0.113. The van der Waals surface area contributed by atoms with Gasteiger partial charge >= 0.3 is 0 Å². The van der Waals surface area contributed by atoms with Gasteiger partial charge in [-0.05, 0) is 42.4 Å². The molecule has 0 saturated carbocycles. The van der Waals surface area contributed by atoms with Gasteiger partial charge in [-0.2, -0.15) is 5.26 Å². The Morgan fingerprint density at radius 2 is 2.28 bits per heavy atom. The highest BCUT2D eigenvalue weighted by molar-refractivity contribution is 8.03. The quantitative estimate of drug-likeness (QED) is 0.379. The Labute approximate surface area is 158 Å². The van der Waals surface area contributed by atoms with Gasteiger partial charge in [0.15, 0.2) is 4.34 Å². The van der Waals surface area contributed by atoms with Crippen molar-refractivity contribution in [2.75, 3.05) is 36.6 Å². The van der Waals surface area contributed by atoms with E-state index in [1.165, 1.54) is 23.1 Å². The van der Waals surface area contributed by atoms with Gasteiger partial charge in [0.1, 0.15) is 5.40 Å². The number of carbonyl (C=O) groups excluding carboxylic acids is 1. The number of methoxy groups -OCH3 is 1. The molecule has 1 heterocycles. The predicted octanol–water partition coefficient (Wildman–Crippen LogP) is 3.21. The fraction of sp³-hybridized carbons (Fsp3) is 0.333. The standard InChI is InChI=1S/C15H17N5O2S3/c1-10-7-11(24-9-16)3-4-12(10)18-13(21)8-23-15-20-19-14(25-15)17-5-6-22-2/h3-4,7H,5-6,8H2,1-2H3,(H,17,19)(H,18,21). The molecule has 0 aliphatic carbocycles. The number of aromatic nitrogens is 2. The third-order valence-corrected chi connectivity index (χ3v) is 5.55. The number of carbonyl (C=O) groups is 1. The Kier molecular flexibility index (Phi) is 8.00. The van der Waals surface area contributed by atoms with Crippen LogP contribution in [0.5, 0.6) is 0 Å². The highest BCUT2D eigenvalue weighted by Crippen LogP contribution is 2.26. The van der Waals surface area contributed by atoms with E-state index in [0.29, 0.717) is 18.3 Å². The van der Waals surface area contributed by atoms with Crippen LogP contribution in [0.2, 0.25) is 0 Å². The second-order valence-corrected chi connectivity index (χ2v) is 7.86. The van der Waals surface area contributed by atoms with E-state index in [4.69, 9.17) is 10.00 Å². The Morgan fingerprint density at radius 1 is 1.44 bits per heavy atom. The topological polar surface area (TPSA) is 99.9 Å². The lowest BCUT2D eigenvalue weighted by Gasteiger charge is -2.08. The van der Waals surface area contributed by atoms with E-state index in [9.17, 15) is 4.79 Å². The highest BCUT2D eigenvalue weighted by atomic mass is 32.2. The summed E-state index contributed by atoms with van der Waals surface area (Å²) < 4.78 is 5.68. The van der Waals surface area contributed by atoms with Crippen LogP contribution in [-0.2, 0) is 9.53 Å². The summed E-state index contributed by atoms with van der Waals surface area (Å²) in [6.07, 6.45) is 0. The van der Waals surface area contributed by atoms with Gasteiger partial charge in [-0.15, -0.1) is 10.2 Å². The number of hydrogen-bond donors (Lipinski definition) is 2. The Hall–Kier alpha value is -1.80. The minimum atomic E-state index is -0.113. The molecule has 1 aromatic carbocycles. The average Bonchev–Trinajstić information content (AvgIpc) is 3.04. The van der Waals surface area contributed by atoms with E-state index in [-0.39, 0.29) is 11.7 Å². The van der Waals surface area contributed by atoms with E-state index in [2.05, 4.69) is 20.8 Å². The third kappa shape index (κ3) is 6.55. The SMILES string of the molecule is COCCNc1nnc(SCC(=O)Nc2ccc(SC#N)cc2C)s1. The van der Waals surface area contributed by atoms with Crippen molar-refractivity contribution in [3.05, 3.63) is 23.8 Å². The molecule has 0 aliphatic heterocycles. The maximum atomic E-state index is 12.1. The van der Waals surface area contributed by atoms with Crippen molar-refractivity contribution in [1.82, 2.24) is 10.2 Å². The molecule has 0 radical (unpaired) electrons. The molecule has 2 aromatic rings. The molecule has 1 amide bonds. The number of benzene rings is 1. The summed E-state index contributed by atoms with van der Waals surface area (Å²) in [5.41, 5.74) is 1.66. The molecule has 132 valence electrons. The lowest BCUT2D eigenvalue weighted by atomic mass is 10.2. The fourth-order valence-corrected chi connectivity index (χ4v) is 3.86. The number of amides is 1. The van der Waals surface area contributed by atoms with E-state index in [0.717, 1.165) is 32.2 Å². The summed E-state index contributed by atoms with van der Waals surface area (Å²) in [6, 6.07) is 5.49. The van der Waals surface area contributed by atoms with Gasteiger partial charge in [0.25, 0.3) is 0 Å². The second kappa shape index (κ2) is 10.2.